The zero-order chi connectivity index (χ0) is 27.1. The van der Waals surface area contributed by atoms with Crippen molar-refractivity contribution in [1.82, 2.24) is 14.8 Å². The molecule has 200 valence electrons. The Bertz CT molecular complexity index is 1210. The molecule has 1 aliphatic heterocycles. The summed E-state index contributed by atoms with van der Waals surface area (Å²) in [6.07, 6.45) is 4.11. The van der Waals surface area contributed by atoms with Crippen molar-refractivity contribution < 1.29 is 18.0 Å². The number of likely N-dealkylation sites (tertiary alicyclic amines) is 1. The van der Waals surface area contributed by atoms with Crippen LogP contribution in [-0.4, -0.2) is 53.4 Å². The normalized spacial score (nSPS) is 16.5. The molecule has 0 aliphatic carbocycles. The van der Waals surface area contributed by atoms with Crippen molar-refractivity contribution in [3.05, 3.63) is 95.8 Å². The van der Waals surface area contributed by atoms with Crippen LogP contribution in [0.3, 0.4) is 0 Å². The number of likely N-dealkylation sites (N-methyl/N-ethyl adjacent to an activating group) is 1. The molecule has 1 amide bonds. The lowest BCUT2D eigenvalue weighted by Gasteiger charge is -2.39. The highest BCUT2D eigenvalue weighted by molar-refractivity contribution is 5.92. The average molecular weight is 523 g/mol. The van der Waals surface area contributed by atoms with E-state index in [4.69, 9.17) is 0 Å². The van der Waals surface area contributed by atoms with E-state index >= 15 is 0 Å². The number of anilines is 2. The van der Waals surface area contributed by atoms with Crippen molar-refractivity contribution in [3.8, 4) is 0 Å². The predicted octanol–water partition coefficient (Wildman–Crippen LogP) is 6.39. The summed E-state index contributed by atoms with van der Waals surface area (Å²) in [6.45, 7) is 5.33. The Morgan fingerprint density at radius 2 is 1.68 bits per heavy atom. The van der Waals surface area contributed by atoms with Gasteiger partial charge in [-0.1, -0.05) is 31.2 Å². The van der Waals surface area contributed by atoms with Gasteiger partial charge in [-0.15, -0.1) is 0 Å². The molecule has 5 nitrogen and oxygen atoms in total. The number of carbonyl (C=O) groups is 1. The number of piperidine rings is 1. The van der Waals surface area contributed by atoms with Crippen LogP contribution >= 0.6 is 0 Å². The molecule has 1 unspecified atom stereocenters. The number of carbonyl (C=O) groups excluding carboxylic acids is 1. The van der Waals surface area contributed by atoms with Crippen LogP contribution < -0.4 is 4.90 Å². The summed E-state index contributed by atoms with van der Waals surface area (Å²) < 4.78 is 38.6. The summed E-state index contributed by atoms with van der Waals surface area (Å²) in [5.41, 5.74) is 2.91. The van der Waals surface area contributed by atoms with Crippen molar-refractivity contribution in [1.29, 1.82) is 0 Å². The average Bonchev–Trinajstić information content (AvgIpc) is 2.95. The second kappa shape index (κ2) is 12.3. The standard InChI is InChI=1S/C30H33F3N4O/c1-3-36-20-4-5-28(22-36)37(29(38)15-10-23-6-11-25(12-7-23)30(31,32)33)21-24-8-13-26(14-9-24)35(2)27-16-18-34-19-17-27/h6-19,28H,3-5,20-22H2,1-2H3. The molecule has 1 fully saturated rings. The molecular weight excluding hydrogens is 489 g/mol. The van der Waals surface area contributed by atoms with E-state index in [1.165, 1.54) is 18.2 Å². The Kier molecular flexibility index (Phi) is 8.84. The molecule has 0 N–H and O–H groups in total. The van der Waals surface area contributed by atoms with Crippen molar-refractivity contribution in [3.63, 3.8) is 0 Å². The Morgan fingerprint density at radius 1 is 1.03 bits per heavy atom. The molecule has 1 aromatic heterocycles. The number of rotatable bonds is 8. The number of hydrogen-bond donors (Lipinski definition) is 0. The third-order valence-electron chi connectivity index (χ3n) is 7.03. The predicted molar refractivity (Wildman–Crippen MR) is 145 cm³/mol. The van der Waals surface area contributed by atoms with E-state index in [0.717, 1.165) is 61.5 Å². The van der Waals surface area contributed by atoms with Gasteiger partial charge in [0.2, 0.25) is 5.91 Å². The highest BCUT2D eigenvalue weighted by atomic mass is 19.4. The van der Waals surface area contributed by atoms with E-state index in [9.17, 15) is 18.0 Å². The first kappa shape index (κ1) is 27.4. The van der Waals surface area contributed by atoms with Crippen LogP contribution in [-0.2, 0) is 17.5 Å². The van der Waals surface area contributed by atoms with Gasteiger partial charge in [0, 0.05) is 56.0 Å². The molecule has 1 atom stereocenters. The van der Waals surface area contributed by atoms with Gasteiger partial charge in [-0.2, -0.15) is 13.2 Å². The van der Waals surface area contributed by atoms with Gasteiger partial charge in [0.15, 0.2) is 0 Å². The largest absolute Gasteiger partial charge is 0.416 e. The molecule has 1 aliphatic rings. The fourth-order valence-corrected chi connectivity index (χ4v) is 4.74. The van der Waals surface area contributed by atoms with E-state index in [2.05, 4.69) is 21.7 Å². The van der Waals surface area contributed by atoms with Crippen LogP contribution in [0.2, 0.25) is 0 Å². The molecule has 3 aromatic rings. The summed E-state index contributed by atoms with van der Waals surface area (Å²) in [4.78, 5) is 23.8. The number of amides is 1. The number of benzene rings is 2. The number of aromatic nitrogens is 1. The minimum Gasteiger partial charge on any atom is -0.345 e. The Morgan fingerprint density at radius 3 is 2.32 bits per heavy atom. The number of alkyl halides is 3. The lowest BCUT2D eigenvalue weighted by molar-refractivity contribution is -0.137. The molecule has 4 rings (SSSR count). The fourth-order valence-electron chi connectivity index (χ4n) is 4.74. The minimum absolute atomic E-state index is 0.0626. The SMILES string of the molecule is CCN1CCCC(N(Cc2ccc(N(C)c3ccncc3)cc2)C(=O)C=Cc2ccc(C(F)(F)F)cc2)C1. The molecule has 1 saturated heterocycles. The van der Waals surface area contributed by atoms with Gasteiger partial charge in [-0.25, -0.2) is 0 Å². The summed E-state index contributed by atoms with van der Waals surface area (Å²) in [6, 6.07) is 16.9. The van der Waals surface area contributed by atoms with Crippen LogP contribution in [0.25, 0.3) is 6.08 Å². The summed E-state index contributed by atoms with van der Waals surface area (Å²) in [7, 11) is 1.99. The third-order valence-corrected chi connectivity index (χ3v) is 7.03. The summed E-state index contributed by atoms with van der Waals surface area (Å²) in [5.74, 6) is -0.147. The Labute approximate surface area is 222 Å². The van der Waals surface area contributed by atoms with Gasteiger partial charge in [-0.3, -0.25) is 9.78 Å². The maximum Gasteiger partial charge on any atom is 0.416 e. The number of hydrogen-bond acceptors (Lipinski definition) is 4. The van der Waals surface area contributed by atoms with Gasteiger partial charge >= 0.3 is 6.18 Å². The zero-order valence-corrected chi connectivity index (χ0v) is 21.7. The number of halogens is 3. The van der Waals surface area contributed by atoms with E-state index in [1.807, 2.05) is 48.3 Å². The quantitative estimate of drug-likeness (QED) is 0.321. The van der Waals surface area contributed by atoms with Crippen LogP contribution in [0, 0.1) is 0 Å². The Hall–Kier alpha value is -3.65. The van der Waals surface area contributed by atoms with Gasteiger partial charge in [0.1, 0.15) is 0 Å². The topological polar surface area (TPSA) is 39.7 Å². The van der Waals surface area contributed by atoms with Crippen molar-refractivity contribution in [2.24, 2.45) is 0 Å². The molecule has 0 spiro atoms. The second-order valence-corrected chi connectivity index (χ2v) is 9.54. The fraction of sp³-hybridized carbons (Fsp3) is 0.333. The summed E-state index contributed by atoms with van der Waals surface area (Å²) >= 11 is 0. The first-order chi connectivity index (χ1) is 18.2. The van der Waals surface area contributed by atoms with Crippen LogP contribution in [0.15, 0.2) is 79.1 Å². The first-order valence-corrected chi connectivity index (χ1v) is 12.9. The molecule has 2 aromatic carbocycles. The van der Waals surface area contributed by atoms with E-state index < -0.39 is 11.7 Å². The van der Waals surface area contributed by atoms with Gasteiger partial charge in [0.05, 0.1) is 5.56 Å². The molecular formula is C30H33F3N4O. The number of pyridine rings is 1. The highest BCUT2D eigenvalue weighted by Crippen LogP contribution is 2.29. The van der Waals surface area contributed by atoms with Crippen LogP contribution in [0.4, 0.5) is 24.5 Å². The maximum atomic E-state index is 13.4. The smallest absolute Gasteiger partial charge is 0.345 e. The van der Waals surface area contributed by atoms with Gasteiger partial charge in [0.25, 0.3) is 0 Å². The van der Waals surface area contributed by atoms with Gasteiger partial charge in [-0.05, 0) is 79.5 Å². The van der Waals surface area contributed by atoms with E-state index in [1.54, 1.807) is 18.5 Å². The van der Waals surface area contributed by atoms with E-state index in [-0.39, 0.29) is 11.9 Å². The third kappa shape index (κ3) is 7.01. The second-order valence-electron chi connectivity index (χ2n) is 9.54. The van der Waals surface area contributed by atoms with Crippen LogP contribution in [0.5, 0.6) is 0 Å². The maximum absolute atomic E-state index is 13.4. The van der Waals surface area contributed by atoms with Crippen molar-refractivity contribution in [2.45, 2.75) is 38.5 Å². The minimum atomic E-state index is -4.39. The zero-order valence-electron chi connectivity index (χ0n) is 21.7. The van der Waals surface area contributed by atoms with Gasteiger partial charge < -0.3 is 14.7 Å². The number of nitrogens with zero attached hydrogens (tertiary/aromatic N) is 4. The first-order valence-electron chi connectivity index (χ1n) is 12.9. The molecule has 8 heteroatoms. The van der Waals surface area contributed by atoms with E-state index in [0.29, 0.717) is 12.1 Å². The molecule has 0 saturated carbocycles. The Balaban J connectivity index is 1.51. The van der Waals surface area contributed by atoms with Crippen LogP contribution in [0.1, 0.15) is 36.5 Å². The molecule has 38 heavy (non-hydrogen) atoms. The van der Waals surface area contributed by atoms with Crippen molar-refractivity contribution in [2.75, 3.05) is 31.6 Å². The van der Waals surface area contributed by atoms with Crippen molar-refractivity contribution >= 4 is 23.4 Å². The molecule has 2 heterocycles. The highest BCUT2D eigenvalue weighted by Gasteiger charge is 2.30. The lowest BCUT2D eigenvalue weighted by Crippen LogP contribution is -2.49. The molecule has 0 radical (unpaired) electrons. The lowest BCUT2D eigenvalue weighted by atomic mass is 10.0. The molecule has 0 bridgehead atoms. The monoisotopic (exact) mass is 522 g/mol. The summed E-state index contributed by atoms with van der Waals surface area (Å²) in [5, 5.41) is 0.